The molecule has 0 bridgehead atoms. The number of hydrogen-bond donors (Lipinski definition) is 2. The summed E-state index contributed by atoms with van der Waals surface area (Å²) in [6.07, 6.45) is 0. The van der Waals surface area contributed by atoms with Gasteiger partial charge in [-0.3, -0.25) is 9.59 Å². The highest BCUT2D eigenvalue weighted by Gasteiger charge is 2.20. The van der Waals surface area contributed by atoms with Crippen molar-refractivity contribution in [1.29, 1.82) is 5.26 Å². The van der Waals surface area contributed by atoms with E-state index in [0.717, 1.165) is 11.1 Å². The van der Waals surface area contributed by atoms with Gasteiger partial charge in [0.2, 0.25) is 11.8 Å². The molecule has 100 valence electrons. The third-order valence-corrected chi connectivity index (χ3v) is 2.73. The van der Waals surface area contributed by atoms with Gasteiger partial charge in [-0.25, -0.2) is 0 Å². The Morgan fingerprint density at radius 2 is 1.89 bits per heavy atom. The van der Waals surface area contributed by atoms with Gasteiger partial charge in [0.15, 0.2) is 0 Å². The van der Waals surface area contributed by atoms with Crippen LogP contribution in [-0.4, -0.2) is 17.9 Å². The molecule has 2 N–H and O–H groups in total. The number of benzene rings is 1. The second-order valence-corrected chi connectivity index (χ2v) is 4.35. The topological polar surface area (TPSA) is 82.0 Å². The molecule has 0 radical (unpaired) electrons. The van der Waals surface area contributed by atoms with Crippen LogP contribution in [0.2, 0.25) is 0 Å². The number of nitriles is 1. The molecule has 5 heteroatoms. The van der Waals surface area contributed by atoms with E-state index in [0.29, 0.717) is 0 Å². The van der Waals surface area contributed by atoms with Gasteiger partial charge in [-0.15, -0.1) is 0 Å². The van der Waals surface area contributed by atoms with E-state index in [-0.39, 0.29) is 11.8 Å². The minimum absolute atomic E-state index is 0.285. The van der Waals surface area contributed by atoms with Gasteiger partial charge in [-0.05, 0) is 25.0 Å². The summed E-state index contributed by atoms with van der Waals surface area (Å²) in [6.45, 7) is 4.79. The van der Waals surface area contributed by atoms with Crippen molar-refractivity contribution in [3.05, 3.63) is 35.4 Å². The van der Waals surface area contributed by atoms with Crippen molar-refractivity contribution >= 4 is 11.8 Å². The van der Waals surface area contributed by atoms with Crippen LogP contribution in [0, 0.1) is 18.3 Å². The Labute approximate surface area is 112 Å². The number of carbonyl (C=O) groups excluding carboxylic acids is 2. The molecule has 2 atom stereocenters. The SMILES string of the molecule is CC(=O)N[C@@H](C)C(=O)N[C@@H](C#N)c1ccccc1C. The van der Waals surface area contributed by atoms with Gasteiger partial charge in [0.05, 0.1) is 6.07 Å². The number of amides is 2. The summed E-state index contributed by atoms with van der Waals surface area (Å²) < 4.78 is 0. The lowest BCUT2D eigenvalue weighted by atomic mass is 10.0. The maximum absolute atomic E-state index is 11.9. The lowest BCUT2D eigenvalue weighted by molar-refractivity contribution is -0.127. The molecule has 1 aromatic rings. The maximum Gasteiger partial charge on any atom is 0.243 e. The summed E-state index contributed by atoms with van der Waals surface area (Å²) in [4.78, 5) is 22.7. The standard InChI is InChI=1S/C14H17N3O2/c1-9-6-4-5-7-12(9)13(8-15)17-14(19)10(2)16-11(3)18/h4-7,10,13H,1-3H3,(H,16,18)(H,17,19)/t10-,13-/m0/s1. The van der Waals surface area contributed by atoms with Crippen molar-refractivity contribution in [1.82, 2.24) is 10.6 Å². The van der Waals surface area contributed by atoms with Crippen molar-refractivity contribution in [2.45, 2.75) is 32.9 Å². The third-order valence-electron chi connectivity index (χ3n) is 2.73. The molecule has 0 saturated heterocycles. The number of aryl methyl sites for hydroxylation is 1. The van der Waals surface area contributed by atoms with Gasteiger partial charge in [-0.2, -0.15) is 5.26 Å². The molecule has 0 saturated carbocycles. The van der Waals surface area contributed by atoms with Crippen molar-refractivity contribution in [2.24, 2.45) is 0 Å². The largest absolute Gasteiger partial charge is 0.345 e. The van der Waals surface area contributed by atoms with Crippen molar-refractivity contribution in [3.63, 3.8) is 0 Å². The smallest absolute Gasteiger partial charge is 0.243 e. The summed E-state index contributed by atoms with van der Waals surface area (Å²) in [5, 5.41) is 14.3. The van der Waals surface area contributed by atoms with Crippen LogP contribution in [0.1, 0.15) is 31.0 Å². The van der Waals surface area contributed by atoms with Gasteiger partial charge in [0.1, 0.15) is 12.1 Å². The predicted octanol–water partition coefficient (Wildman–Crippen LogP) is 1.20. The molecule has 1 aromatic carbocycles. The highest BCUT2D eigenvalue weighted by molar-refractivity contribution is 5.86. The van der Waals surface area contributed by atoms with E-state index in [1.54, 1.807) is 13.0 Å². The Bertz CT molecular complexity index is 520. The zero-order valence-corrected chi connectivity index (χ0v) is 11.2. The summed E-state index contributed by atoms with van der Waals surface area (Å²) in [5.74, 6) is -0.669. The van der Waals surface area contributed by atoms with Gasteiger partial charge in [-0.1, -0.05) is 24.3 Å². The van der Waals surface area contributed by atoms with E-state index >= 15 is 0 Å². The van der Waals surface area contributed by atoms with Crippen molar-refractivity contribution < 1.29 is 9.59 Å². The fourth-order valence-electron chi connectivity index (χ4n) is 1.73. The molecule has 1 rings (SSSR count). The average Bonchev–Trinajstić information content (AvgIpc) is 2.35. The van der Waals surface area contributed by atoms with Crippen LogP contribution >= 0.6 is 0 Å². The lowest BCUT2D eigenvalue weighted by Gasteiger charge is -2.17. The highest BCUT2D eigenvalue weighted by atomic mass is 16.2. The first kappa shape index (κ1) is 14.7. The predicted molar refractivity (Wildman–Crippen MR) is 71.0 cm³/mol. The minimum atomic E-state index is -0.718. The van der Waals surface area contributed by atoms with Crippen LogP contribution in [0.25, 0.3) is 0 Å². The van der Waals surface area contributed by atoms with Crippen LogP contribution < -0.4 is 10.6 Å². The van der Waals surface area contributed by atoms with E-state index in [1.165, 1.54) is 6.92 Å². The molecular formula is C14H17N3O2. The zero-order chi connectivity index (χ0) is 14.4. The molecular weight excluding hydrogens is 242 g/mol. The summed E-state index contributed by atoms with van der Waals surface area (Å²) in [5.41, 5.74) is 1.69. The fraction of sp³-hybridized carbons (Fsp3) is 0.357. The second-order valence-electron chi connectivity index (χ2n) is 4.35. The van der Waals surface area contributed by atoms with Crippen molar-refractivity contribution in [2.75, 3.05) is 0 Å². The molecule has 0 aliphatic carbocycles. The quantitative estimate of drug-likeness (QED) is 0.852. The average molecular weight is 259 g/mol. The summed E-state index contributed by atoms with van der Waals surface area (Å²) >= 11 is 0. The first-order chi connectivity index (χ1) is 8.95. The Morgan fingerprint density at radius 3 is 2.42 bits per heavy atom. The molecule has 0 aliphatic rings. The van der Waals surface area contributed by atoms with E-state index in [2.05, 4.69) is 16.7 Å². The Hall–Kier alpha value is -2.35. The van der Waals surface area contributed by atoms with Gasteiger partial charge in [0.25, 0.3) is 0 Å². The van der Waals surface area contributed by atoms with Crippen LogP contribution in [0.15, 0.2) is 24.3 Å². The molecule has 0 unspecified atom stereocenters. The molecule has 0 aromatic heterocycles. The van der Waals surface area contributed by atoms with Crippen molar-refractivity contribution in [3.8, 4) is 6.07 Å². The molecule has 19 heavy (non-hydrogen) atoms. The van der Waals surface area contributed by atoms with E-state index in [4.69, 9.17) is 5.26 Å². The Morgan fingerprint density at radius 1 is 1.26 bits per heavy atom. The number of carbonyl (C=O) groups is 2. The molecule has 0 aliphatic heterocycles. The van der Waals surface area contributed by atoms with Gasteiger partial charge in [0, 0.05) is 6.92 Å². The second kappa shape index (κ2) is 6.55. The number of rotatable bonds is 4. The normalized spacial score (nSPS) is 12.9. The monoisotopic (exact) mass is 259 g/mol. The molecule has 5 nitrogen and oxygen atoms in total. The minimum Gasteiger partial charge on any atom is -0.345 e. The van der Waals surface area contributed by atoms with E-state index in [1.807, 2.05) is 25.1 Å². The van der Waals surface area contributed by atoms with Crippen LogP contribution in [0.3, 0.4) is 0 Å². The number of nitrogens with zero attached hydrogens (tertiary/aromatic N) is 1. The first-order valence-electron chi connectivity index (χ1n) is 5.98. The van der Waals surface area contributed by atoms with Crippen LogP contribution in [-0.2, 0) is 9.59 Å². The molecule has 0 spiro atoms. The van der Waals surface area contributed by atoms with Crippen LogP contribution in [0.4, 0.5) is 0 Å². The number of hydrogen-bond acceptors (Lipinski definition) is 3. The lowest BCUT2D eigenvalue weighted by Crippen LogP contribution is -2.45. The highest BCUT2D eigenvalue weighted by Crippen LogP contribution is 2.16. The maximum atomic E-state index is 11.9. The van der Waals surface area contributed by atoms with Gasteiger partial charge < -0.3 is 10.6 Å². The number of nitrogens with one attached hydrogen (secondary N) is 2. The summed E-state index contributed by atoms with van der Waals surface area (Å²) in [6, 6.07) is 8.03. The van der Waals surface area contributed by atoms with Gasteiger partial charge >= 0.3 is 0 Å². The molecule has 2 amide bonds. The first-order valence-corrected chi connectivity index (χ1v) is 5.98. The Balaban J connectivity index is 2.79. The molecule has 0 heterocycles. The summed E-state index contributed by atoms with van der Waals surface area (Å²) in [7, 11) is 0. The van der Waals surface area contributed by atoms with E-state index in [9.17, 15) is 9.59 Å². The fourth-order valence-corrected chi connectivity index (χ4v) is 1.73. The zero-order valence-electron chi connectivity index (χ0n) is 11.2. The molecule has 0 fully saturated rings. The van der Waals surface area contributed by atoms with Crippen LogP contribution in [0.5, 0.6) is 0 Å². The Kier molecular flexibility index (Phi) is 5.07. The van der Waals surface area contributed by atoms with E-state index < -0.39 is 12.1 Å². The third kappa shape index (κ3) is 4.11.